The minimum absolute atomic E-state index is 0.00443. The van der Waals surface area contributed by atoms with E-state index in [0.717, 1.165) is 30.6 Å². The third-order valence-electron chi connectivity index (χ3n) is 2.57. The van der Waals surface area contributed by atoms with Gasteiger partial charge >= 0.3 is 0 Å². The summed E-state index contributed by atoms with van der Waals surface area (Å²) in [5, 5.41) is 22.0. The van der Waals surface area contributed by atoms with Crippen molar-refractivity contribution in [2.75, 3.05) is 18.5 Å². The molecule has 0 aliphatic rings. The lowest BCUT2D eigenvalue weighted by Crippen LogP contribution is -2.07. The summed E-state index contributed by atoms with van der Waals surface area (Å²) < 4.78 is 0. The monoisotopic (exact) mass is 223 g/mol. The number of para-hydroxylation sites is 1. The maximum atomic E-state index is 9.86. The number of aliphatic hydroxyl groups is 2. The van der Waals surface area contributed by atoms with Crippen LogP contribution in [0.2, 0.25) is 0 Å². The molecule has 0 aromatic heterocycles. The number of unbranched alkanes of at least 4 members (excludes halogenated alkanes) is 1. The third-order valence-corrected chi connectivity index (χ3v) is 2.57. The fraction of sp³-hybridized carbons (Fsp3) is 0.538. The molecule has 3 N–H and O–H groups in total. The van der Waals surface area contributed by atoms with Crippen molar-refractivity contribution in [1.29, 1.82) is 0 Å². The predicted octanol–water partition coefficient (Wildman–Crippen LogP) is 2.31. The van der Waals surface area contributed by atoms with Crippen molar-refractivity contribution in [3.8, 4) is 0 Å². The van der Waals surface area contributed by atoms with Crippen LogP contribution in [0.5, 0.6) is 0 Å². The highest BCUT2D eigenvalue weighted by Crippen LogP contribution is 2.24. The summed E-state index contributed by atoms with van der Waals surface area (Å²) >= 11 is 0. The van der Waals surface area contributed by atoms with Crippen LogP contribution in [0, 0.1) is 0 Å². The van der Waals surface area contributed by atoms with Crippen LogP contribution in [0.4, 0.5) is 5.69 Å². The fourth-order valence-electron chi connectivity index (χ4n) is 1.63. The molecule has 1 aromatic carbocycles. The molecule has 0 saturated heterocycles. The van der Waals surface area contributed by atoms with Crippen LogP contribution < -0.4 is 5.32 Å². The molecule has 16 heavy (non-hydrogen) atoms. The molecule has 0 saturated carbocycles. The molecule has 0 heterocycles. The lowest BCUT2D eigenvalue weighted by Gasteiger charge is -2.15. The second-order valence-electron chi connectivity index (χ2n) is 3.90. The number of nitrogens with one attached hydrogen (secondary N) is 1. The Kier molecular flexibility index (Phi) is 5.90. The van der Waals surface area contributed by atoms with Crippen molar-refractivity contribution in [3.05, 3.63) is 29.8 Å². The van der Waals surface area contributed by atoms with Crippen molar-refractivity contribution in [1.82, 2.24) is 0 Å². The Hall–Kier alpha value is -1.06. The van der Waals surface area contributed by atoms with Crippen LogP contribution >= 0.6 is 0 Å². The largest absolute Gasteiger partial charge is 0.396 e. The van der Waals surface area contributed by atoms with E-state index in [1.165, 1.54) is 0 Å². The van der Waals surface area contributed by atoms with Crippen LogP contribution in [0.15, 0.2) is 24.3 Å². The summed E-state index contributed by atoms with van der Waals surface area (Å²) in [5.74, 6) is 0. The molecule has 90 valence electrons. The summed E-state index contributed by atoms with van der Waals surface area (Å²) in [6.45, 7) is 3.07. The summed E-state index contributed by atoms with van der Waals surface area (Å²) in [5.41, 5.74) is 1.84. The molecule has 1 rings (SSSR count). The molecule has 3 nitrogen and oxygen atoms in total. The molecular formula is C13H21NO2. The topological polar surface area (TPSA) is 52.5 Å². The molecule has 0 aliphatic carbocycles. The molecule has 1 aromatic rings. The van der Waals surface area contributed by atoms with Crippen molar-refractivity contribution in [2.45, 2.75) is 32.3 Å². The lowest BCUT2D eigenvalue weighted by molar-refractivity contribution is 0.135. The molecule has 0 fully saturated rings. The van der Waals surface area contributed by atoms with Gasteiger partial charge in [-0.25, -0.2) is 0 Å². The van der Waals surface area contributed by atoms with Crippen LogP contribution in [0.3, 0.4) is 0 Å². The van der Waals surface area contributed by atoms with Gasteiger partial charge < -0.3 is 15.5 Å². The Labute approximate surface area is 97.1 Å². The van der Waals surface area contributed by atoms with Gasteiger partial charge in [-0.05, 0) is 12.5 Å². The minimum atomic E-state index is -0.588. The van der Waals surface area contributed by atoms with Gasteiger partial charge in [-0.1, -0.05) is 31.5 Å². The first-order valence-corrected chi connectivity index (χ1v) is 5.91. The number of aliphatic hydroxyl groups excluding tert-OH is 2. The summed E-state index contributed by atoms with van der Waals surface area (Å²) in [4.78, 5) is 0. The van der Waals surface area contributed by atoms with Crippen molar-refractivity contribution < 1.29 is 10.2 Å². The molecule has 3 heteroatoms. The van der Waals surface area contributed by atoms with Gasteiger partial charge in [0.1, 0.15) is 0 Å². The zero-order valence-electron chi connectivity index (χ0n) is 9.82. The number of benzene rings is 1. The van der Waals surface area contributed by atoms with Gasteiger partial charge in [0.05, 0.1) is 6.10 Å². The average Bonchev–Trinajstić information content (AvgIpc) is 2.30. The molecule has 0 radical (unpaired) electrons. The summed E-state index contributed by atoms with van der Waals surface area (Å²) in [7, 11) is 0. The first-order valence-electron chi connectivity index (χ1n) is 5.91. The number of hydrogen-bond donors (Lipinski definition) is 3. The number of rotatable bonds is 7. The highest BCUT2D eigenvalue weighted by Gasteiger charge is 2.10. The van der Waals surface area contributed by atoms with Gasteiger partial charge in [0.15, 0.2) is 0 Å². The van der Waals surface area contributed by atoms with Gasteiger partial charge in [-0.15, -0.1) is 0 Å². The van der Waals surface area contributed by atoms with E-state index in [2.05, 4.69) is 12.2 Å². The van der Waals surface area contributed by atoms with E-state index in [1.807, 2.05) is 24.3 Å². The summed E-state index contributed by atoms with van der Waals surface area (Å²) in [6.07, 6.45) is 2.06. The first-order chi connectivity index (χ1) is 7.79. The van der Waals surface area contributed by atoms with E-state index in [1.54, 1.807) is 0 Å². The predicted molar refractivity (Wildman–Crippen MR) is 66.5 cm³/mol. The highest BCUT2D eigenvalue weighted by molar-refractivity contribution is 5.52. The molecule has 1 atom stereocenters. The van der Waals surface area contributed by atoms with Crippen molar-refractivity contribution in [3.63, 3.8) is 0 Å². The zero-order chi connectivity index (χ0) is 11.8. The van der Waals surface area contributed by atoms with Crippen LogP contribution in [0.25, 0.3) is 0 Å². The molecule has 0 spiro atoms. The normalized spacial score (nSPS) is 12.4. The molecule has 1 unspecified atom stereocenters. The molecule has 0 amide bonds. The highest BCUT2D eigenvalue weighted by atomic mass is 16.3. The Balaban J connectivity index is 2.67. The SMILES string of the molecule is CCCCNc1ccccc1C(O)CCO. The standard InChI is InChI=1S/C13H21NO2/c1-2-3-9-14-12-7-5-4-6-11(12)13(16)8-10-15/h4-7,13-16H,2-3,8-10H2,1H3. The van der Waals surface area contributed by atoms with Crippen LogP contribution in [-0.2, 0) is 0 Å². The maximum Gasteiger partial charge on any atom is 0.0831 e. The molecule has 0 bridgehead atoms. The number of anilines is 1. The van der Waals surface area contributed by atoms with Crippen molar-refractivity contribution >= 4 is 5.69 Å². The van der Waals surface area contributed by atoms with Gasteiger partial charge in [-0.2, -0.15) is 0 Å². The third kappa shape index (κ3) is 3.83. The minimum Gasteiger partial charge on any atom is -0.396 e. The molecular weight excluding hydrogens is 202 g/mol. The zero-order valence-corrected chi connectivity index (χ0v) is 9.82. The second-order valence-corrected chi connectivity index (χ2v) is 3.90. The van der Waals surface area contributed by atoms with Crippen LogP contribution in [-0.4, -0.2) is 23.4 Å². The van der Waals surface area contributed by atoms with Gasteiger partial charge in [0.2, 0.25) is 0 Å². The van der Waals surface area contributed by atoms with Gasteiger partial charge in [-0.3, -0.25) is 0 Å². The van der Waals surface area contributed by atoms with E-state index >= 15 is 0 Å². The Morgan fingerprint density at radius 2 is 2.06 bits per heavy atom. The fourth-order valence-corrected chi connectivity index (χ4v) is 1.63. The van der Waals surface area contributed by atoms with E-state index in [-0.39, 0.29) is 6.61 Å². The Morgan fingerprint density at radius 1 is 1.31 bits per heavy atom. The van der Waals surface area contributed by atoms with E-state index < -0.39 is 6.10 Å². The maximum absolute atomic E-state index is 9.86. The second kappa shape index (κ2) is 7.25. The number of hydrogen-bond acceptors (Lipinski definition) is 3. The van der Waals surface area contributed by atoms with E-state index in [0.29, 0.717) is 6.42 Å². The van der Waals surface area contributed by atoms with Crippen LogP contribution in [0.1, 0.15) is 37.9 Å². The Morgan fingerprint density at radius 3 is 2.75 bits per heavy atom. The smallest absolute Gasteiger partial charge is 0.0831 e. The van der Waals surface area contributed by atoms with E-state index in [4.69, 9.17) is 5.11 Å². The Bertz CT molecular complexity index is 302. The lowest BCUT2D eigenvalue weighted by atomic mass is 10.0. The average molecular weight is 223 g/mol. The van der Waals surface area contributed by atoms with Gasteiger partial charge in [0, 0.05) is 30.8 Å². The first kappa shape index (κ1) is 13.0. The van der Waals surface area contributed by atoms with Gasteiger partial charge in [0.25, 0.3) is 0 Å². The summed E-state index contributed by atoms with van der Waals surface area (Å²) in [6, 6.07) is 7.71. The van der Waals surface area contributed by atoms with E-state index in [9.17, 15) is 5.11 Å². The quantitative estimate of drug-likeness (QED) is 0.622. The van der Waals surface area contributed by atoms with Crippen molar-refractivity contribution in [2.24, 2.45) is 0 Å². The molecule has 0 aliphatic heterocycles.